The van der Waals surface area contributed by atoms with E-state index in [0.717, 1.165) is 52.2 Å². The molecule has 0 spiro atoms. The Bertz CT molecular complexity index is 1810. The van der Waals surface area contributed by atoms with Crippen LogP contribution in [-0.4, -0.2) is 15.0 Å². The number of fused-ring (bicyclic) bond motifs is 1. The highest BCUT2D eigenvalue weighted by atomic mass is 15.1. The predicted octanol–water partition coefficient (Wildman–Crippen LogP) is 12.4. The van der Waals surface area contributed by atoms with Crippen LogP contribution in [0.25, 0.3) is 10.8 Å². The van der Waals surface area contributed by atoms with E-state index < -0.39 is 0 Å². The van der Waals surface area contributed by atoms with Gasteiger partial charge in [0.25, 0.3) is 0 Å². The molecule has 0 aliphatic carbocycles. The van der Waals surface area contributed by atoms with Crippen LogP contribution < -0.4 is 0 Å². The second-order valence-corrected chi connectivity index (χ2v) is 9.98. The molecule has 7 heteroatoms. The van der Waals surface area contributed by atoms with Gasteiger partial charge in [-0.1, -0.05) is 107 Å². The van der Waals surface area contributed by atoms with Gasteiger partial charge in [-0.05, 0) is 90.7 Å². The molecule has 0 radical (unpaired) electrons. The lowest BCUT2D eigenvalue weighted by molar-refractivity contribution is 0.843. The van der Waals surface area contributed by atoms with Crippen molar-refractivity contribution in [3.05, 3.63) is 150 Å². The molecule has 0 fully saturated rings. The lowest BCUT2D eigenvalue weighted by atomic mass is 10.1. The first-order chi connectivity index (χ1) is 23.0. The van der Waals surface area contributed by atoms with Gasteiger partial charge in [-0.3, -0.25) is 0 Å². The number of rotatable bonds is 7. The van der Waals surface area contributed by atoms with Crippen molar-refractivity contribution in [1.82, 2.24) is 15.0 Å². The molecule has 0 unspecified atom stereocenters. The van der Waals surface area contributed by atoms with E-state index in [9.17, 15) is 0 Å². The van der Waals surface area contributed by atoms with Crippen LogP contribution in [0.4, 0.5) is 22.7 Å². The Kier molecular flexibility index (Phi) is 15.2. The molecule has 0 aliphatic rings. The molecule has 7 nitrogen and oxygen atoms in total. The van der Waals surface area contributed by atoms with Gasteiger partial charge in [0.2, 0.25) is 0 Å². The molecular formula is C40H45N7. The summed E-state index contributed by atoms with van der Waals surface area (Å²) in [4.78, 5) is 12.9. The van der Waals surface area contributed by atoms with Gasteiger partial charge in [-0.2, -0.15) is 20.5 Å². The monoisotopic (exact) mass is 623 g/mol. The first kappa shape index (κ1) is 36.0. The highest BCUT2D eigenvalue weighted by Gasteiger charge is 2.03. The molecule has 0 saturated carbocycles. The number of nitrogens with zero attached hydrogens (tertiary/aromatic N) is 7. The Hall–Kier alpha value is -5.43. The average molecular weight is 624 g/mol. The maximum atomic E-state index is 4.36. The summed E-state index contributed by atoms with van der Waals surface area (Å²) in [5.74, 6) is 2.29. The molecule has 0 N–H and O–H groups in total. The predicted molar refractivity (Wildman–Crippen MR) is 196 cm³/mol. The second-order valence-electron chi connectivity index (χ2n) is 9.98. The summed E-state index contributed by atoms with van der Waals surface area (Å²) in [5.41, 5.74) is 5.87. The smallest absolute Gasteiger partial charge is 0.136 e. The van der Waals surface area contributed by atoms with Gasteiger partial charge in [0.15, 0.2) is 0 Å². The Morgan fingerprint density at radius 1 is 0.447 bits per heavy atom. The van der Waals surface area contributed by atoms with Crippen molar-refractivity contribution in [2.24, 2.45) is 20.5 Å². The van der Waals surface area contributed by atoms with E-state index >= 15 is 0 Å². The third kappa shape index (κ3) is 12.1. The Labute approximate surface area is 279 Å². The summed E-state index contributed by atoms with van der Waals surface area (Å²) in [7, 11) is 0. The molecular weight excluding hydrogens is 578 g/mol. The van der Waals surface area contributed by atoms with Gasteiger partial charge in [0, 0.05) is 6.42 Å². The average Bonchev–Trinajstić information content (AvgIpc) is 3.12. The van der Waals surface area contributed by atoms with Crippen molar-refractivity contribution < 1.29 is 0 Å². The molecule has 1 aromatic heterocycles. The summed E-state index contributed by atoms with van der Waals surface area (Å²) in [6.07, 6.45) is 1.72. The maximum absolute atomic E-state index is 4.36. The van der Waals surface area contributed by atoms with Crippen LogP contribution in [0.15, 0.2) is 142 Å². The quantitative estimate of drug-likeness (QED) is 0.166. The van der Waals surface area contributed by atoms with Crippen molar-refractivity contribution >= 4 is 33.5 Å². The topological polar surface area (TPSA) is 88.1 Å². The second kappa shape index (κ2) is 19.9. The fraction of sp³-hybridized carbons (Fsp3) is 0.225. The zero-order valence-corrected chi connectivity index (χ0v) is 28.6. The first-order valence-electron chi connectivity index (χ1n) is 16.3. The van der Waals surface area contributed by atoms with Crippen LogP contribution in [0.1, 0.15) is 63.2 Å². The van der Waals surface area contributed by atoms with Crippen molar-refractivity contribution in [1.29, 1.82) is 0 Å². The number of hydrogen-bond donors (Lipinski definition) is 0. The van der Waals surface area contributed by atoms with Gasteiger partial charge >= 0.3 is 0 Å². The zero-order chi connectivity index (χ0) is 33.9. The van der Waals surface area contributed by atoms with Gasteiger partial charge < -0.3 is 0 Å². The molecule has 0 bridgehead atoms. The van der Waals surface area contributed by atoms with E-state index in [0.29, 0.717) is 6.42 Å². The summed E-state index contributed by atoms with van der Waals surface area (Å²) >= 11 is 0. The van der Waals surface area contributed by atoms with Gasteiger partial charge in [0.1, 0.15) is 17.5 Å². The van der Waals surface area contributed by atoms with Crippen molar-refractivity contribution in [3.63, 3.8) is 0 Å². The van der Waals surface area contributed by atoms with Crippen molar-refractivity contribution in [3.8, 4) is 0 Å². The summed E-state index contributed by atoms with van der Waals surface area (Å²) in [6.45, 7) is 13.9. The van der Waals surface area contributed by atoms with E-state index in [-0.39, 0.29) is 0 Å². The van der Waals surface area contributed by atoms with Crippen LogP contribution in [-0.2, 0) is 12.8 Å². The molecule has 1 heterocycles. The molecule has 5 aromatic carbocycles. The van der Waals surface area contributed by atoms with Crippen molar-refractivity contribution in [2.45, 2.75) is 61.3 Å². The standard InChI is InChI=1S/C18H17N5.C18H16N2.2C2H6/c1-13-19-14(2)21-18(20-13)12-15-8-10-17(11-9-15)23-22-16-6-4-3-5-7-16;1-2-14-7-10-17(11-8-14)19-20-18-12-9-15-5-3-4-6-16(15)13-18;2*1-2/h3-11H,12H2,1-2H3;3-13H,2H2,1H3;2*1-2H3. The minimum atomic E-state index is 0.681. The SMILES string of the molecule is CC.CC.CCc1ccc(N=Nc2ccc3ccccc3c2)cc1.Cc1nc(C)nc(Cc2ccc(N=Nc3ccccc3)cc2)n1. The fourth-order valence-corrected chi connectivity index (χ4v) is 4.39. The largest absolute Gasteiger partial charge is 0.219 e. The van der Waals surface area contributed by atoms with Crippen LogP contribution >= 0.6 is 0 Å². The zero-order valence-electron chi connectivity index (χ0n) is 28.6. The lowest BCUT2D eigenvalue weighted by Gasteiger charge is -2.03. The number of hydrogen-bond acceptors (Lipinski definition) is 7. The lowest BCUT2D eigenvalue weighted by Crippen LogP contribution is -2.03. The van der Waals surface area contributed by atoms with E-state index in [1.165, 1.54) is 16.3 Å². The number of azo groups is 2. The third-order valence-electron chi connectivity index (χ3n) is 6.60. The Morgan fingerprint density at radius 3 is 1.45 bits per heavy atom. The normalized spacial score (nSPS) is 10.4. The third-order valence-corrected chi connectivity index (χ3v) is 6.60. The first-order valence-corrected chi connectivity index (χ1v) is 16.3. The molecule has 0 amide bonds. The minimum absolute atomic E-state index is 0.681. The Morgan fingerprint density at radius 2 is 0.894 bits per heavy atom. The van der Waals surface area contributed by atoms with E-state index in [1.807, 2.05) is 126 Å². The minimum Gasteiger partial charge on any atom is -0.219 e. The molecule has 6 aromatic rings. The Balaban J connectivity index is 0.000000233. The summed E-state index contributed by atoms with van der Waals surface area (Å²) in [6, 6.07) is 40.2. The van der Waals surface area contributed by atoms with E-state index in [2.05, 4.69) is 78.7 Å². The van der Waals surface area contributed by atoms with Gasteiger partial charge in [0.05, 0.1) is 22.7 Å². The number of benzene rings is 5. The molecule has 6 rings (SSSR count). The van der Waals surface area contributed by atoms with Crippen molar-refractivity contribution in [2.75, 3.05) is 0 Å². The summed E-state index contributed by atoms with van der Waals surface area (Å²) < 4.78 is 0. The summed E-state index contributed by atoms with van der Waals surface area (Å²) in [5, 5.41) is 19.4. The highest BCUT2D eigenvalue weighted by Crippen LogP contribution is 2.24. The molecule has 0 aliphatic heterocycles. The van der Waals surface area contributed by atoms with Crippen LogP contribution in [0.2, 0.25) is 0 Å². The van der Waals surface area contributed by atoms with Crippen LogP contribution in [0, 0.1) is 13.8 Å². The highest BCUT2D eigenvalue weighted by molar-refractivity contribution is 5.85. The van der Waals surface area contributed by atoms with E-state index in [4.69, 9.17) is 0 Å². The molecule has 0 saturated heterocycles. The van der Waals surface area contributed by atoms with Crippen LogP contribution in [0.5, 0.6) is 0 Å². The number of aromatic nitrogens is 3. The molecule has 47 heavy (non-hydrogen) atoms. The van der Waals surface area contributed by atoms with E-state index in [1.54, 1.807) is 0 Å². The molecule has 0 atom stereocenters. The maximum Gasteiger partial charge on any atom is 0.136 e. The van der Waals surface area contributed by atoms with Crippen LogP contribution in [0.3, 0.4) is 0 Å². The fourth-order valence-electron chi connectivity index (χ4n) is 4.39. The number of aryl methyl sites for hydroxylation is 3. The molecule has 240 valence electrons. The van der Waals surface area contributed by atoms with Gasteiger partial charge in [-0.15, -0.1) is 0 Å². The van der Waals surface area contributed by atoms with Gasteiger partial charge in [-0.25, -0.2) is 15.0 Å².